The molecule has 5 aromatic rings. The molecule has 6 heterocycles. The molecule has 0 aromatic carbocycles. The molecule has 1 aliphatic heterocycles. The van der Waals surface area contributed by atoms with Crippen LogP contribution in [0.1, 0.15) is 109 Å². The molecule has 3 saturated carbocycles. The summed E-state index contributed by atoms with van der Waals surface area (Å²) in [5, 5.41) is 26.5. The van der Waals surface area contributed by atoms with Crippen molar-refractivity contribution in [3.8, 4) is 0 Å². The Kier molecular flexibility index (Phi) is 12.0. The Morgan fingerprint density at radius 1 is 0.908 bits per heavy atom. The third kappa shape index (κ3) is 8.98. The maximum atomic E-state index is 13.6. The van der Waals surface area contributed by atoms with Crippen LogP contribution >= 0.6 is 0 Å². The van der Waals surface area contributed by atoms with Crippen molar-refractivity contribution < 1.29 is 19.5 Å². The molecule has 1 unspecified atom stereocenters. The lowest BCUT2D eigenvalue weighted by molar-refractivity contribution is -0.125. The van der Waals surface area contributed by atoms with E-state index in [0.29, 0.717) is 63.7 Å². The molecular weight excluding hydrogens is 829 g/mol. The molecule has 19 nitrogen and oxygen atoms in total. The zero-order chi connectivity index (χ0) is 45.6. The number of anilines is 6. The summed E-state index contributed by atoms with van der Waals surface area (Å²) in [6.07, 6.45) is 11.9. The first-order chi connectivity index (χ1) is 31.3. The molecule has 65 heavy (non-hydrogen) atoms. The van der Waals surface area contributed by atoms with Crippen LogP contribution in [0.25, 0.3) is 11.0 Å². The lowest BCUT2D eigenvalue weighted by atomic mass is 9.52. The van der Waals surface area contributed by atoms with Crippen molar-refractivity contribution in [3.63, 3.8) is 0 Å². The Bertz CT molecular complexity index is 2670. The monoisotopic (exact) mass is 886 g/mol. The summed E-state index contributed by atoms with van der Waals surface area (Å²) in [5.41, 5.74) is 2.62. The minimum atomic E-state index is -0.768. The highest BCUT2D eigenvalue weighted by Gasteiger charge is 2.53. The van der Waals surface area contributed by atoms with E-state index in [9.17, 15) is 24.3 Å². The van der Waals surface area contributed by atoms with Gasteiger partial charge in [0.05, 0.1) is 29.6 Å². The number of nitrogens with one attached hydrogen (secondary N) is 5. The fraction of sp³-hybridized carbons (Fsp3) is 0.500. The first-order valence-electron chi connectivity index (χ1n) is 22.7. The van der Waals surface area contributed by atoms with E-state index in [1.807, 2.05) is 18.3 Å². The SMILES string of the molecule is CNc1ccc(C(=O)Nc2cn(C)c(C(C)O)n2)c(NC2CC3(CC(NC(=O)CN4CCN(c5ccc(Nc6ncc7c(C)c(C(C)=O)c(=O)n(C8CCCC8)c7n6)nc5)CC4)C3)C2)n1. The van der Waals surface area contributed by atoms with Crippen LogP contribution in [0, 0.1) is 12.3 Å². The molecule has 1 saturated heterocycles. The lowest BCUT2D eigenvalue weighted by Crippen LogP contribution is -2.60. The van der Waals surface area contributed by atoms with Crippen molar-refractivity contribution >= 4 is 63.5 Å². The summed E-state index contributed by atoms with van der Waals surface area (Å²) in [6.45, 7) is 8.23. The number of pyridine rings is 3. The first kappa shape index (κ1) is 43.8. The summed E-state index contributed by atoms with van der Waals surface area (Å²) in [6, 6.07) is 7.70. The molecule has 342 valence electrons. The summed E-state index contributed by atoms with van der Waals surface area (Å²) in [5.74, 6) is 2.30. The van der Waals surface area contributed by atoms with Gasteiger partial charge in [-0.3, -0.25) is 28.6 Å². The van der Waals surface area contributed by atoms with Gasteiger partial charge >= 0.3 is 0 Å². The number of hydrogen-bond donors (Lipinski definition) is 6. The summed E-state index contributed by atoms with van der Waals surface area (Å²) in [7, 11) is 3.55. The molecule has 5 aromatic heterocycles. The van der Waals surface area contributed by atoms with Gasteiger partial charge in [-0.2, -0.15) is 4.98 Å². The molecule has 0 radical (unpaired) electrons. The van der Waals surface area contributed by atoms with Crippen LogP contribution < -0.4 is 37.0 Å². The van der Waals surface area contributed by atoms with E-state index < -0.39 is 6.10 Å². The predicted octanol–water partition coefficient (Wildman–Crippen LogP) is 4.69. The van der Waals surface area contributed by atoms with Crippen LogP contribution in [0.5, 0.6) is 0 Å². The number of amides is 2. The van der Waals surface area contributed by atoms with E-state index in [2.05, 4.69) is 56.3 Å². The Morgan fingerprint density at radius 2 is 1.63 bits per heavy atom. The van der Waals surface area contributed by atoms with Crippen molar-refractivity contribution in [1.82, 2.24) is 44.3 Å². The van der Waals surface area contributed by atoms with Gasteiger partial charge in [-0.15, -0.1) is 0 Å². The second kappa shape index (κ2) is 17.8. The van der Waals surface area contributed by atoms with Crippen molar-refractivity contribution in [3.05, 3.63) is 75.7 Å². The molecule has 3 aliphatic carbocycles. The molecular formula is C46H58N14O5. The molecule has 1 spiro atoms. The Hall–Kier alpha value is -6.47. The Labute approximate surface area is 376 Å². The minimum Gasteiger partial charge on any atom is -0.385 e. The van der Waals surface area contributed by atoms with Crippen LogP contribution in [-0.4, -0.2) is 114 Å². The Morgan fingerprint density at radius 3 is 2.29 bits per heavy atom. The molecule has 19 heteroatoms. The standard InChI is InChI=1S/C46H58N14O5/c1-26-34-23-49-45(56-42(34)60(31-8-6-7-9-31)44(65)39(26)27(2)61)55-36-12-10-32(22-48-36)59-16-14-58(15-17-59)25-38(63)50-29-18-46(19-29)20-30(21-46)51-40-33(11-13-35(47-4)52-40)43(64)54-37-24-57(5)41(53-37)28(3)62/h10-13,22-24,28-31,62H,6-9,14-21,25H2,1-5H3,(H,50,63)(H,54,64)(H2,47,51,52)(H,48,49,55,56). The number of hydrogen-bond acceptors (Lipinski definition) is 15. The first-order valence-corrected chi connectivity index (χ1v) is 22.7. The van der Waals surface area contributed by atoms with Gasteiger partial charge in [0.2, 0.25) is 11.9 Å². The van der Waals surface area contributed by atoms with Crippen molar-refractivity contribution in [2.24, 2.45) is 12.5 Å². The highest BCUT2D eigenvalue weighted by Crippen LogP contribution is 2.56. The van der Waals surface area contributed by atoms with Crippen LogP contribution in [0.4, 0.5) is 34.9 Å². The van der Waals surface area contributed by atoms with Gasteiger partial charge < -0.3 is 41.2 Å². The van der Waals surface area contributed by atoms with E-state index >= 15 is 0 Å². The second-order valence-corrected chi connectivity index (χ2v) is 18.4. The number of ketones is 1. The van der Waals surface area contributed by atoms with Crippen LogP contribution in [0.15, 0.2) is 47.7 Å². The van der Waals surface area contributed by atoms with E-state index in [0.717, 1.165) is 83.2 Å². The van der Waals surface area contributed by atoms with Gasteiger partial charge in [0.25, 0.3) is 11.5 Å². The van der Waals surface area contributed by atoms with Crippen molar-refractivity contribution in [2.45, 2.75) is 96.4 Å². The fourth-order valence-electron chi connectivity index (χ4n) is 10.4. The molecule has 6 N–H and O–H groups in total. The quantitative estimate of drug-likeness (QED) is 0.0831. The number of fused-ring (bicyclic) bond motifs is 1. The topological polar surface area (TPSA) is 229 Å². The summed E-state index contributed by atoms with van der Waals surface area (Å²) in [4.78, 5) is 80.0. The lowest BCUT2D eigenvalue weighted by Gasteiger charge is -2.58. The average Bonchev–Trinajstić information content (AvgIpc) is 3.92. The summed E-state index contributed by atoms with van der Waals surface area (Å²) < 4.78 is 3.39. The van der Waals surface area contributed by atoms with Crippen LogP contribution in [-0.2, 0) is 11.8 Å². The zero-order valence-corrected chi connectivity index (χ0v) is 37.6. The number of Topliss-reactive ketones (excluding diaryl/α,β-unsaturated/α-hetero) is 1. The number of aromatic nitrogens is 7. The molecule has 1 atom stereocenters. The van der Waals surface area contributed by atoms with Gasteiger partial charge in [0.15, 0.2) is 11.6 Å². The number of piperazine rings is 1. The highest BCUT2D eigenvalue weighted by molar-refractivity contribution is 6.07. The number of rotatable bonds is 14. The highest BCUT2D eigenvalue weighted by atomic mass is 16.3. The zero-order valence-electron chi connectivity index (χ0n) is 37.6. The van der Waals surface area contributed by atoms with Gasteiger partial charge in [0, 0.05) is 76.2 Å². The van der Waals surface area contributed by atoms with E-state index in [4.69, 9.17) is 4.98 Å². The molecule has 0 bridgehead atoms. The number of aryl methyl sites for hydroxylation is 2. The normalized spacial score (nSPS) is 21.4. The maximum absolute atomic E-state index is 13.6. The number of aliphatic hydroxyl groups is 1. The van der Waals surface area contributed by atoms with E-state index in [1.54, 1.807) is 61.6 Å². The van der Waals surface area contributed by atoms with Gasteiger partial charge in [-0.25, -0.2) is 19.9 Å². The van der Waals surface area contributed by atoms with Crippen molar-refractivity contribution in [2.75, 3.05) is 65.9 Å². The van der Waals surface area contributed by atoms with Crippen molar-refractivity contribution in [1.29, 1.82) is 0 Å². The van der Waals surface area contributed by atoms with Gasteiger partial charge in [-0.05, 0) is 94.5 Å². The largest absolute Gasteiger partial charge is 0.385 e. The molecule has 4 fully saturated rings. The maximum Gasteiger partial charge on any atom is 0.263 e. The number of aliphatic hydroxyl groups excluding tert-OH is 1. The van der Waals surface area contributed by atoms with Gasteiger partial charge in [0.1, 0.15) is 35.0 Å². The smallest absolute Gasteiger partial charge is 0.263 e. The molecule has 4 aliphatic rings. The number of nitrogens with zero attached hydrogens (tertiary/aromatic N) is 9. The van der Waals surface area contributed by atoms with Crippen LogP contribution in [0.2, 0.25) is 0 Å². The van der Waals surface area contributed by atoms with E-state index in [-0.39, 0.29) is 52.3 Å². The fourth-order valence-corrected chi connectivity index (χ4v) is 10.4. The number of carbonyl (C=O) groups is 3. The number of imidazole rings is 1. The minimum absolute atomic E-state index is 0.00191. The third-order valence-corrected chi connectivity index (χ3v) is 13.7. The molecule has 2 amide bonds. The predicted molar refractivity (Wildman–Crippen MR) is 248 cm³/mol. The molecule has 9 rings (SSSR count). The third-order valence-electron chi connectivity index (χ3n) is 13.7. The Balaban J connectivity index is 0.726. The number of carbonyl (C=O) groups excluding carboxylic acids is 3. The van der Waals surface area contributed by atoms with Gasteiger partial charge in [-0.1, -0.05) is 12.8 Å². The van der Waals surface area contributed by atoms with Crippen LogP contribution in [0.3, 0.4) is 0 Å². The summed E-state index contributed by atoms with van der Waals surface area (Å²) >= 11 is 0. The second-order valence-electron chi connectivity index (χ2n) is 18.4. The average molecular weight is 887 g/mol. The van der Waals surface area contributed by atoms with E-state index in [1.165, 1.54) is 6.92 Å².